The van der Waals surface area contributed by atoms with Crippen molar-refractivity contribution in [1.29, 1.82) is 0 Å². The smallest absolute Gasteiger partial charge is 0.119 e. The number of ether oxygens (including phenoxy) is 2. The molecule has 19 heavy (non-hydrogen) atoms. The van der Waals surface area contributed by atoms with Gasteiger partial charge in [-0.05, 0) is 42.3 Å². The second-order valence-electron chi connectivity index (χ2n) is 4.21. The summed E-state index contributed by atoms with van der Waals surface area (Å²) >= 11 is 0. The van der Waals surface area contributed by atoms with Crippen LogP contribution in [-0.2, 0) is 6.61 Å². The van der Waals surface area contributed by atoms with Crippen LogP contribution in [0.2, 0.25) is 0 Å². The third-order valence-electron chi connectivity index (χ3n) is 2.80. The minimum atomic E-state index is 0.562. The van der Waals surface area contributed by atoms with Gasteiger partial charge >= 0.3 is 0 Å². The molecule has 0 bridgehead atoms. The Balaban J connectivity index is 1.93. The van der Waals surface area contributed by atoms with Crippen LogP contribution in [-0.4, -0.2) is 7.11 Å². The van der Waals surface area contributed by atoms with Gasteiger partial charge in [-0.25, -0.2) is 0 Å². The lowest BCUT2D eigenvalue weighted by Gasteiger charge is -2.07. The molecule has 0 amide bonds. The zero-order valence-electron chi connectivity index (χ0n) is 11.3. The van der Waals surface area contributed by atoms with Crippen molar-refractivity contribution in [1.82, 2.24) is 0 Å². The van der Waals surface area contributed by atoms with Crippen molar-refractivity contribution in [2.45, 2.75) is 13.5 Å². The van der Waals surface area contributed by atoms with Gasteiger partial charge in [0.05, 0.1) is 7.11 Å². The van der Waals surface area contributed by atoms with Crippen LogP contribution in [0.15, 0.2) is 54.6 Å². The van der Waals surface area contributed by atoms with E-state index in [1.165, 1.54) is 5.56 Å². The van der Waals surface area contributed by atoms with E-state index in [1.54, 1.807) is 7.11 Å². The van der Waals surface area contributed by atoms with Crippen molar-refractivity contribution in [2.24, 2.45) is 0 Å². The van der Waals surface area contributed by atoms with E-state index >= 15 is 0 Å². The lowest BCUT2D eigenvalue weighted by Crippen LogP contribution is -1.95. The molecule has 0 radical (unpaired) electrons. The molecule has 0 saturated carbocycles. The highest BCUT2D eigenvalue weighted by Crippen LogP contribution is 2.16. The van der Waals surface area contributed by atoms with Crippen LogP contribution >= 0.6 is 0 Å². The predicted octanol–water partition coefficient (Wildman–Crippen LogP) is 4.31. The summed E-state index contributed by atoms with van der Waals surface area (Å²) < 4.78 is 10.9. The average Bonchev–Trinajstić information content (AvgIpc) is 2.47. The van der Waals surface area contributed by atoms with E-state index in [-0.39, 0.29) is 0 Å². The van der Waals surface area contributed by atoms with Crippen LogP contribution in [0.3, 0.4) is 0 Å². The molecule has 0 aromatic heterocycles. The molecule has 98 valence electrons. The number of hydrogen-bond donors (Lipinski definition) is 0. The Bertz CT molecular complexity index is 524. The first kappa shape index (κ1) is 13.2. The van der Waals surface area contributed by atoms with Gasteiger partial charge in [0.2, 0.25) is 0 Å². The first-order valence-electron chi connectivity index (χ1n) is 6.30. The molecule has 2 rings (SSSR count). The standard InChI is InChI=1S/C17H18O2/c1-3-4-14-5-11-17(12-6-14)19-13-15-7-9-16(18-2)10-8-15/h3-12H,13H2,1-2H3/b4-3+. The number of rotatable bonds is 5. The van der Waals surface area contributed by atoms with Crippen LogP contribution in [0.4, 0.5) is 0 Å². The maximum atomic E-state index is 5.73. The molecular formula is C17H18O2. The topological polar surface area (TPSA) is 18.5 Å². The second kappa shape index (κ2) is 6.64. The molecule has 2 aromatic rings. The fourth-order valence-corrected chi connectivity index (χ4v) is 1.76. The molecule has 0 unspecified atom stereocenters. The molecule has 2 aromatic carbocycles. The lowest BCUT2D eigenvalue weighted by atomic mass is 10.2. The third-order valence-corrected chi connectivity index (χ3v) is 2.80. The van der Waals surface area contributed by atoms with Crippen molar-refractivity contribution < 1.29 is 9.47 Å². The zero-order chi connectivity index (χ0) is 13.5. The summed E-state index contributed by atoms with van der Waals surface area (Å²) in [6, 6.07) is 16.0. The molecule has 0 atom stereocenters. The molecule has 0 fully saturated rings. The highest BCUT2D eigenvalue weighted by molar-refractivity contribution is 5.50. The van der Waals surface area contributed by atoms with Gasteiger partial charge in [0, 0.05) is 0 Å². The molecule has 2 heteroatoms. The Morgan fingerprint density at radius 2 is 1.53 bits per heavy atom. The summed E-state index contributed by atoms with van der Waals surface area (Å²) in [5.41, 5.74) is 2.30. The molecule has 0 saturated heterocycles. The van der Waals surface area contributed by atoms with E-state index in [9.17, 15) is 0 Å². The number of methoxy groups -OCH3 is 1. The first-order valence-corrected chi connectivity index (χ1v) is 6.30. The highest BCUT2D eigenvalue weighted by atomic mass is 16.5. The number of benzene rings is 2. The van der Waals surface area contributed by atoms with Gasteiger partial charge in [0.1, 0.15) is 18.1 Å². The van der Waals surface area contributed by atoms with Gasteiger partial charge in [-0.3, -0.25) is 0 Å². The van der Waals surface area contributed by atoms with Crippen molar-refractivity contribution in [2.75, 3.05) is 7.11 Å². The summed E-state index contributed by atoms with van der Waals surface area (Å²) in [5.74, 6) is 1.74. The van der Waals surface area contributed by atoms with Crippen molar-refractivity contribution in [3.05, 3.63) is 65.7 Å². The molecule has 0 aliphatic carbocycles. The highest BCUT2D eigenvalue weighted by Gasteiger charge is 1.97. The Morgan fingerprint density at radius 3 is 2.11 bits per heavy atom. The summed E-state index contributed by atoms with van der Waals surface area (Å²) in [5, 5.41) is 0. The summed E-state index contributed by atoms with van der Waals surface area (Å²) in [6.45, 7) is 2.57. The normalized spacial score (nSPS) is 10.6. The van der Waals surface area contributed by atoms with Gasteiger partial charge in [-0.1, -0.05) is 36.4 Å². The maximum Gasteiger partial charge on any atom is 0.119 e. The van der Waals surface area contributed by atoms with E-state index < -0.39 is 0 Å². The summed E-state index contributed by atoms with van der Waals surface area (Å²) in [4.78, 5) is 0. The first-order chi connectivity index (χ1) is 9.31. The molecule has 0 spiro atoms. The third kappa shape index (κ3) is 3.88. The van der Waals surface area contributed by atoms with Gasteiger partial charge < -0.3 is 9.47 Å². The van der Waals surface area contributed by atoms with Crippen LogP contribution in [0.25, 0.3) is 6.08 Å². The SMILES string of the molecule is C/C=C/c1ccc(OCc2ccc(OC)cc2)cc1. The zero-order valence-corrected chi connectivity index (χ0v) is 11.3. The van der Waals surface area contributed by atoms with Crippen LogP contribution in [0.1, 0.15) is 18.1 Å². The van der Waals surface area contributed by atoms with Crippen molar-refractivity contribution in [3.63, 3.8) is 0 Å². The second-order valence-corrected chi connectivity index (χ2v) is 4.21. The van der Waals surface area contributed by atoms with E-state index in [0.717, 1.165) is 17.1 Å². The molecule has 2 nitrogen and oxygen atoms in total. The monoisotopic (exact) mass is 254 g/mol. The minimum absolute atomic E-state index is 0.562. The van der Waals surface area contributed by atoms with E-state index in [0.29, 0.717) is 6.61 Å². The minimum Gasteiger partial charge on any atom is -0.497 e. The van der Waals surface area contributed by atoms with E-state index in [2.05, 4.69) is 6.08 Å². The van der Waals surface area contributed by atoms with E-state index in [1.807, 2.05) is 61.5 Å². The Morgan fingerprint density at radius 1 is 0.895 bits per heavy atom. The Hall–Kier alpha value is -2.22. The van der Waals surface area contributed by atoms with Crippen LogP contribution in [0.5, 0.6) is 11.5 Å². The molecular weight excluding hydrogens is 236 g/mol. The van der Waals surface area contributed by atoms with Gasteiger partial charge in [-0.15, -0.1) is 0 Å². The molecule has 0 heterocycles. The number of hydrogen-bond acceptors (Lipinski definition) is 2. The average molecular weight is 254 g/mol. The molecule has 0 aliphatic heterocycles. The summed E-state index contributed by atoms with van der Waals surface area (Å²) in [6.07, 6.45) is 4.08. The number of allylic oxidation sites excluding steroid dienone is 1. The van der Waals surface area contributed by atoms with Crippen molar-refractivity contribution in [3.8, 4) is 11.5 Å². The predicted molar refractivity (Wildman–Crippen MR) is 78.5 cm³/mol. The van der Waals surface area contributed by atoms with Gasteiger partial charge in [-0.2, -0.15) is 0 Å². The van der Waals surface area contributed by atoms with E-state index in [4.69, 9.17) is 9.47 Å². The fraction of sp³-hybridized carbons (Fsp3) is 0.176. The fourth-order valence-electron chi connectivity index (χ4n) is 1.76. The Kier molecular flexibility index (Phi) is 4.62. The Labute approximate surface area is 114 Å². The maximum absolute atomic E-state index is 5.73. The molecule has 0 aliphatic rings. The lowest BCUT2D eigenvalue weighted by molar-refractivity contribution is 0.306. The van der Waals surface area contributed by atoms with Crippen molar-refractivity contribution >= 4 is 6.08 Å². The summed E-state index contributed by atoms with van der Waals surface area (Å²) in [7, 11) is 1.66. The van der Waals surface area contributed by atoms with Gasteiger partial charge in [0.15, 0.2) is 0 Å². The van der Waals surface area contributed by atoms with Gasteiger partial charge in [0.25, 0.3) is 0 Å². The van der Waals surface area contributed by atoms with Crippen LogP contribution in [0, 0.1) is 0 Å². The van der Waals surface area contributed by atoms with Crippen LogP contribution < -0.4 is 9.47 Å². The largest absolute Gasteiger partial charge is 0.497 e. The molecule has 0 N–H and O–H groups in total. The quantitative estimate of drug-likeness (QED) is 0.791.